The Labute approximate surface area is 136 Å². The fourth-order valence-electron chi connectivity index (χ4n) is 3.66. The zero-order chi connectivity index (χ0) is 16.4. The van der Waals surface area contributed by atoms with Crippen molar-refractivity contribution in [1.29, 1.82) is 0 Å². The summed E-state index contributed by atoms with van der Waals surface area (Å²) in [6.07, 6.45) is 3.22. The molecule has 3 rings (SSSR count). The molecule has 0 radical (unpaired) electrons. The second-order valence-corrected chi connectivity index (χ2v) is 6.62. The second kappa shape index (κ2) is 6.60. The maximum Gasteiger partial charge on any atom is 0.308 e. The molecule has 2 atom stereocenters. The molecule has 2 aliphatic rings. The maximum atomic E-state index is 12.4. The monoisotopic (exact) mass is 316 g/mol. The smallest absolute Gasteiger partial charge is 0.308 e. The Morgan fingerprint density at radius 1 is 1.26 bits per heavy atom. The number of carbonyl (C=O) groups is 2. The number of nitrogens with zero attached hydrogens (tertiary/aromatic N) is 2. The van der Waals surface area contributed by atoms with Crippen LogP contribution in [0.25, 0.3) is 0 Å². The van der Waals surface area contributed by atoms with Crippen molar-refractivity contribution < 1.29 is 14.7 Å². The van der Waals surface area contributed by atoms with Gasteiger partial charge in [0.2, 0.25) is 5.91 Å². The quantitative estimate of drug-likeness (QED) is 0.924. The fraction of sp³-hybridized carbons (Fsp3) is 0.556. The molecular weight excluding hydrogens is 292 g/mol. The number of likely N-dealkylation sites (tertiary alicyclic amines) is 1. The van der Waals surface area contributed by atoms with E-state index in [2.05, 4.69) is 30.0 Å². The Morgan fingerprint density at radius 3 is 2.78 bits per heavy atom. The van der Waals surface area contributed by atoms with Gasteiger partial charge < -0.3 is 14.9 Å². The summed E-state index contributed by atoms with van der Waals surface area (Å²) in [6, 6.07) is 8.83. The van der Waals surface area contributed by atoms with Crippen LogP contribution in [-0.2, 0) is 16.0 Å². The van der Waals surface area contributed by atoms with E-state index in [-0.39, 0.29) is 5.91 Å². The highest BCUT2D eigenvalue weighted by Crippen LogP contribution is 2.30. The maximum absolute atomic E-state index is 12.4. The van der Waals surface area contributed by atoms with Gasteiger partial charge in [0.25, 0.3) is 0 Å². The van der Waals surface area contributed by atoms with Crippen molar-refractivity contribution >= 4 is 17.6 Å². The Morgan fingerprint density at radius 2 is 2.04 bits per heavy atom. The van der Waals surface area contributed by atoms with Gasteiger partial charge in [0.1, 0.15) is 0 Å². The van der Waals surface area contributed by atoms with E-state index in [9.17, 15) is 9.59 Å². The zero-order valence-electron chi connectivity index (χ0n) is 13.6. The number of amides is 1. The third-order valence-corrected chi connectivity index (χ3v) is 5.12. The molecule has 124 valence electrons. The molecule has 1 aromatic rings. The normalized spacial score (nSPS) is 23.7. The van der Waals surface area contributed by atoms with Crippen LogP contribution in [-0.4, -0.2) is 47.6 Å². The first kappa shape index (κ1) is 15.8. The molecule has 0 spiro atoms. The number of hydrogen-bond acceptors (Lipinski definition) is 3. The van der Waals surface area contributed by atoms with E-state index in [0.717, 1.165) is 12.8 Å². The van der Waals surface area contributed by atoms with Crippen LogP contribution in [0.4, 0.5) is 5.69 Å². The first-order valence-corrected chi connectivity index (χ1v) is 8.41. The van der Waals surface area contributed by atoms with Crippen LogP contribution in [0, 0.1) is 5.92 Å². The number of carboxylic acids is 1. The summed E-state index contributed by atoms with van der Waals surface area (Å²) in [4.78, 5) is 27.4. The van der Waals surface area contributed by atoms with Gasteiger partial charge in [-0.1, -0.05) is 18.2 Å². The highest BCUT2D eigenvalue weighted by atomic mass is 16.4. The summed E-state index contributed by atoms with van der Waals surface area (Å²) < 4.78 is 0. The van der Waals surface area contributed by atoms with Gasteiger partial charge in [-0.3, -0.25) is 9.59 Å². The number of para-hydroxylation sites is 1. The van der Waals surface area contributed by atoms with Gasteiger partial charge in [-0.05, 0) is 37.8 Å². The number of fused-ring (bicyclic) bond motifs is 1. The van der Waals surface area contributed by atoms with Crippen LogP contribution in [0.3, 0.4) is 0 Å². The average Bonchev–Trinajstić information content (AvgIpc) is 3.04. The predicted molar refractivity (Wildman–Crippen MR) is 88.5 cm³/mol. The summed E-state index contributed by atoms with van der Waals surface area (Å²) in [5.74, 6) is -1.11. The summed E-state index contributed by atoms with van der Waals surface area (Å²) >= 11 is 0. The first-order valence-electron chi connectivity index (χ1n) is 8.41. The number of rotatable bonds is 4. The highest BCUT2D eigenvalue weighted by molar-refractivity contribution is 5.79. The minimum atomic E-state index is -0.793. The van der Waals surface area contributed by atoms with Crippen molar-refractivity contribution in [2.45, 2.75) is 38.6 Å². The van der Waals surface area contributed by atoms with Crippen LogP contribution < -0.4 is 4.90 Å². The lowest BCUT2D eigenvalue weighted by atomic mass is 9.96. The van der Waals surface area contributed by atoms with Crippen LogP contribution >= 0.6 is 0 Å². The molecule has 0 saturated carbocycles. The minimum Gasteiger partial charge on any atom is -0.481 e. The van der Waals surface area contributed by atoms with Crippen molar-refractivity contribution in [2.75, 3.05) is 24.5 Å². The molecule has 0 aromatic heterocycles. The van der Waals surface area contributed by atoms with E-state index in [1.54, 1.807) is 4.90 Å². The second-order valence-electron chi connectivity index (χ2n) is 6.62. The molecule has 1 saturated heterocycles. The van der Waals surface area contributed by atoms with Gasteiger partial charge in [-0.2, -0.15) is 0 Å². The molecule has 1 N–H and O–H groups in total. The van der Waals surface area contributed by atoms with Gasteiger partial charge in [-0.25, -0.2) is 0 Å². The molecule has 0 unspecified atom stereocenters. The minimum absolute atomic E-state index is 0.0732. The van der Waals surface area contributed by atoms with Gasteiger partial charge in [-0.15, -0.1) is 0 Å². The Hall–Kier alpha value is -2.04. The number of carboxylic acid groups (broad SMARTS) is 1. The number of hydrogen-bond donors (Lipinski definition) is 1. The zero-order valence-corrected chi connectivity index (χ0v) is 13.6. The molecule has 1 fully saturated rings. The Kier molecular flexibility index (Phi) is 4.55. The van der Waals surface area contributed by atoms with E-state index < -0.39 is 11.9 Å². The number of carbonyl (C=O) groups excluding carboxylic acids is 1. The lowest BCUT2D eigenvalue weighted by Crippen LogP contribution is -2.40. The van der Waals surface area contributed by atoms with Crippen molar-refractivity contribution in [2.24, 2.45) is 5.92 Å². The van der Waals surface area contributed by atoms with E-state index >= 15 is 0 Å². The molecule has 5 nitrogen and oxygen atoms in total. The molecule has 1 amide bonds. The Balaban J connectivity index is 1.60. The van der Waals surface area contributed by atoms with E-state index in [1.165, 1.54) is 11.3 Å². The number of benzene rings is 1. The standard InChI is InChI=1S/C18H24N2O3/c1-13-6-7-14-4-2-3-5-16(14)20(13)11-9-17(21)19-10-8-15(12-19)18(22)23/h2-5,13,15H,6-12H2,1H3,(H,22,23)/t13-,15+/m0/s1. The van der Waals surface area contributed by atoms with Crippen LogP contribution in [0.1, 0.15) is 31.7 Å². The highest BCUT2D eigenvalue weighted by Gasteiger charge is 2.31. The van der Waals surface area contributed by atoms with Gasteiger partial charge in [0, 0.05) is 37.8 Å². The number of anilines is 1. The summed E-state index contributed by atoms with van der Waals surface area (Å²) in [6.45, 7) is 3.84. The van der Waals surface area contributed by atoms with Crippen LogP contribution in [0.2, 0.25) is 0 Å². The molecular formula is C18H24N2O3. The molecule has 23 heavy (non-hydrogen) atoms. The molecule has 0 bridgehead atoms. The average molecular weight is 316 g/mol. The van der Waals surface area contributed by atoms with Crippen LogP contribution in [0.15, 0.2) is 24.3 Å². The van der Waals surface area contributed by atoms with Crippen molar-refractivity contribution in [3.05, 3.63) is 29.8 Å². The van der Waals surface area contributed by atoms with E-state index in [0.29, 0.717) is 38.5 Å². The molecule has 1 aromatic carbocycles. The summed E-state index contributed by atoms with van der Waals surface area (Å²) in [5.41, 5.74) is 2.59. The topological polar surface area (TPSA) is 60.9 Å². The largest absolute Gasteiger partial charge is 0.481 e. The molecule has 2 aliphatic heterocycles. The molecule has 5 heteroatoms. The van der Waals surface area contributed by atoms with Crippen LogP contribution in [0.5, 0.6) is 0 Å². The summed E-state index contributed by atoms with van der Waals surface area (Å²) in [7, 11) is 0. The van der Waals surface area contributed by atoms with E-state index in [1.807, 2.05) is 6.07 Å². The van der Waals surface area contributed by atoms with Crippen molar-refractivity contribution in [3.8, 4) is 0 Å². The van der Waals surface area contributed by atoms with Gasteiger partial charge in [0.15, 0.2) is 0 Å². The van der Waals surface area contributed by atoms with Gasteiger partial charge >= 0.3 is 5.97 Å². The van der Waals surface area contributed by atoms with Gasteiger partial charge in [0.05, 0.1) is 5.92 Å². The molecule has 2 heterocycles. The SMILES string of the molecule is C[C@H]1CCc2ccccc2N1CCC(=O)N1CC[C@@H](C(=O)O)C1. The predicted octanol–water partition coefficient (Wildman–Crippen LogP) is 2.15. The fourth-order valence-corrected chi connectivity index (χ4v) is 3.66. The molecule has 0 aliphatic carbocycles. The lowest BCUT2D eigenvalue weighted by molar-refractivity contribution is -0.141. The number of aryl methyl sites for hydroxylation is 1. The van der Waals surface area contributed by atoms with E-state index in [4.69, 9.17) is 5.11 Å². The summed E-state index contributed by atoms with van der Waals surface area (Å²) in [5, 5.41) is 9.04. The first-order chi connectivity index (χ1) is 11.1. The third kappa shape index (κ3) is 3.33. The third-order valence-electron chi connectivity index (χ3n) is 5.12. The Bertz CT molecular complexity index is 602. The lowest BCUT2D eigenvalue weighted by Gasteiger charge is -2.37. The number of aliphatic carboxylic acids is 1. The van der Waals surface area contributed by atoms with Crippen molar-refractivity contribution in [1.82, 2.24) is 4.90 Å². The van der Waals surface area contributed by atoms with Crippen molar-refractivity contribution in [3.63, 3.8) is 0 Å².